The van der Waals surface area contributed by atoms with Crippen molar-refractivity contribution in [3.05, 3.63) is 6.10 Å². The highest BCUT2D eigenvalue weighted by Gasteiger charge is 2.60. The zero-order chi connectivity index (χ0) is 10.5. The smallest absolute Gasteiger partial charge is 0.187 e. The van der Waals surface area contributed by atoms with Crippen LogP contribution < -0.4 is 0 Å². The first-order chi connectivity index (χ1) is 5.56. The molecule has 1 rings (SSSR count). The molecule has 1 aliphatic rings. The summed E-state index contributed by atoms with van der Waals surface area (Å²) in [5.41, 5.74) is 0.427. The van der Waals surface area contributed by atoms with Crippen LogP contribution in [0, 0.1) is 16.9 Å². The summed E-state index contributed by atoms with van der Waals surface area (Å²) in [6, 6.07) is 0. The van der Waals surface area contributed by atoms with Crippen LogP contribution in [-0.2, 0) is 4.74 Å². The van der Waals surface area contributed by atoms with Crippen LogP contribution in [0.4, 0.5) is 0 Å². The lowest BCUT2D eigenvalue weighted by Crippen LogP contribution is -2.34. The van der Waals surface area contributed by atoms with Crippen LogP contribution in [0.5, 0.6) is 0 Å². The van der Waals surface area contributed by atoms with Crippen molar-refractivity contribution < 1.29 is 4.74 Å². The number of ether oxygens (including phenoxy) is 1. The molecule has 1 aliphatic heterocycles. The van der Waals surface area contributed by atoms with E-state index in [1.807, 2.05) is 0 Å². The van der Waals surface area contributed by atoms with Crippen molar-refractivity contribution in [2.24, 2.45) is 10.8 Å². The first-order valence-corrected chi connectivity index (χ1v) is 5.12. The van der Waals surface area contributed by atoms with Crippen molar-refractivity contribution in [3.8, 4) is 0 Å². The van der Waals surface area contributed by atoms with Gasteiger partial charge >= 0.3 is 0 Å². The average Bonchev–Trinajstić information content (AvgIpc) is 2.00. The van der Waals surface area contributed by atoms with Crippen LogP contribution >= 0.6 is 0 Å². The van der Waals surface area contributed by atoms with Gasteiger partial charge in [-0.05, 0) is 34.6 Å². The Morgan fingerprint density at radius 2 is 1.54 bits per heavy atom. The monoisotopic (exact) mass is 183 g/mol. The minimum absolute atomic E-state index is 0.0182. The third-order valence-electron chi connectivity index (χ3n) is 3.45. The Morgan fingerprint density at radius 3 is 1.69 bits per heavy atom. The molecule has 0 saturated carbocycles. The fourth-order valence-electron chi connectivity index (χ4n) is 1.51. The van der Waals surface area contributed by atoms with Gasteiger partial charge in [0.15, 0.2) is 0 Å². The van der Waals surface area contributed by atoms with Crippen molar-refractivity contribution >= 4 is 0 Å². The third-order valence-corrected chi connectivity index (χ3v) is 3.45. The van der Waals surface area contributed by atoms with Gasteiger partial charge in [0.05, 0.1) is 0 Å². The summed E-state index contributed by atoms with van der Waals surface area (Å²) in [5, 5.41) is 0. The highest BCUT2D eigenvalue weighted by atomic mass is 16.5. The number of rotatable bonds is 0. The molecule has 0 aromatic carbocycles. The van der Waals surface area contributed by atoms with E-state index in [4.69, 9.17) is 4.74 Å². The summed E-state index contributed by atoms with van der Waals surface area (Å²) in [7, 11) is 0. The molecule has 0 N–H and O–H groups in total. The Hall–Kier alpha value is -0.170. The molecule has 0 aromatic heterocycles. The van der Waals surface area contributed by atoms with Gasteiger partial charge in [-0.15, -0.1) is 0 Å². The van der Waals surface area contributed by atoms with Crippen LogP contribution in [0.15, 0.2) is 0 Å². The molecule has 76 valence electrons. The molecule has 0 radical (unpaired) electrons. The van der Waals surface area contributed by atoms with E-state index in [0.717, 1.165) is 6.42 Å². The second-order valence-electron chi connectivity index (χ2n) is 6.35. The fraction of sp³-hybridized carbons (Fsp3) is 0.917. The first kappa shape index (κ1) is 10.9. The zero-order valence-corrected chi connectivity index (χ0v) is 10.1. The molecule has 1 heterocycles. The normalized spacial score (nSPS) is 26.5. The van der Waals surface area contributed by atoms with Gasteiger partial charge in [0, 0.05) is 5.41 Å². The molecule has 0 unspecified atom stereocenters. The van der Waals surface area contributed by atoms with Crippen LogP contribution in [0.25, 0.3) is 0 Å². The Bertz CT molecular complexity index is 180. The van der Waals surface area contributed by atoms with Crippen molar-refractivity contribution in [2.75, 3.05) is 0 Å². The summed E-state index contributed by atoms with van der Waals surface area (Å²) in [5.74, 6) is 0. The standard InChI is InChI=1S/C12H23O/c1-10(2,3)9-8-11(4,5)12(6,7)13-9/h8H2,1-7H3/q+1. The van der Waals surface area contributed by atoms with Crippen molar-refractivity contribution in [1.82, 2.24) is 0 Å². The SMILES string of the molecule is CC(C)(C)[C+]1CC(C)(C)C(C)(C)O1. The van der Waals surface area contributed by atoms with Crippen molar-refractivity contribution in [2.45, 2.75) is 60.5 Å². The second-order valence-corrected chi connectivity index (χ2v) is 6.35. The quantitative estimate of drug-likeness (QED) is 0.519. The molecule has 0 spiro atoms. The Morgan fingerprint density at radius 1 is 1.08 bits per heavy atom. The lowest BCUT2D eigenvalue weighted by atomic mass is 9.73. The van der Waals surface area contributed by atoms with Gasteiger partial charge < -0.3 is 0 Å². The highest BCUT2D eigenvalue weighted by Crippen LogP contribution is 2.53. The maximum Gasteiger partial charge on any atom is 0.247 e. The Kier molecular flexibility index (Phi) is 2.23. The molecule has 0 atom stereocenters. The third kappa shape index (κ3) is 1.85. The van der Waals surface area contributed by atoms with Crippen LogP contribution in [0.1, 0.15) is 54.9 Å². The predicted molar refractivity (Wildman–Crippen MR) is 56.3 cm³/mol. The summed E-state index contributed by atoms with van der Waals surface area (Å²) < 4.78 is 6.05. The molecule has 1 heteroatoms. The van der Waals surface area contributed by atoms with E-state index in [2.05, 4.69) is 48.5 Å². The van der Waals surface area contributed by atoms with Gasteiger partial charge in [-0.2, -0.15) is 4.74 Å². The Balaban J connectivity index is 2.83. The van der Waals surface area contributed by atoms with Gasteiger partial charge in [0.1, 0.15) is 17.4 Å². The molecular formula is C12H23O+. The van der Waals surface area contributed by atoms with Crippen LogP contribution in [0.2, 0.25) is 0 Å². The Labute approximate surface area is 82.9 Å². The van der Waals surface area contributed by atoms with Gasteiger partial charge in [-0.25, -0.2) is 0 Å². The summed E-state index contributed by atoms with van der Waals surface area (Å²) in [6.45, 7) is 15.6. The second kappa shape index (κ2) is 2.66. The van der Waals surface area contributed by atoms with E-state index in [0.29, 0.717) is 0 Å². The summed E-state index contributed by atoms with van der Waals surface area (Å²) in [4.78, 5) is 0. The van der Waals surface area contributed by atoms with E-state index in [9.17, 15) is 0 Å². The molecule has 1 nitrogen and oxygen atoms in total. The van der Waals surface area contributed by atoms with Crippen LogP contribution in [-0.4, -0.2) is 5.60 Å². The number of hydrogen-bond donors (Lipinski definition) is 0. The van der Waals surface area contributed by atoms with Crippen molar-refractivity contribution in [3.63, 3.8) is 0 Å². The van der Waals surface area contributed by atoms with Gasteiger partial charge in [0.2, 0.25) is 6.10 Å². The summed E-state index contributed by atoms with van der Waals surface area (Å²) >= 11 is 0. The molecule has 0 bridgehead atoms. The lowest BCUT2D eigenvalue weighted by Gasteiger charge is -2.27. The highest BCUT2D eigenvalue weighted by molar-refractivity contribution is 5.08. The number of hydrogen-bond acceptors (Lipinski definition) is 1. The van der Waals surface area contributed by atoms with E-state index in [1.165, 1.54) is 6.10 Å². The zero-order valence-electron chi connectivity index (χ0n) is 10.1. The molecule has 0 aromatic rings. The van der Waals surface area contributed by atoms with Gasteiger partial charge in [0.25, 0.3) is 0 Å². The van der Waals surface area contributed by atoms with E-state index < -0.39 is 0 Å². The fourth-order valence-corrected chi connectivity index (χ4v) is 1.51. The minimum Gasteiger partial charge on any atom is -0.187 e. The van der Waals surface area contributed by atoms with E-state index >= 15 is 0 Å². The largest absolute Gasteiger partial charge is 0.247 e. The molecule has 13 heavy (non-hydrogen) atoms. The minimum atomic E-state index is -0.0182. The molecule has 0 aliphatic carbocycles. The first-order valence-electron chi connectivity index (χ1n) is 5.12. The average molecular weight is 183 g/mol. The van der Waals surface area contributed by atoms with E-state index in [1.54, 1.807) is 0 Å². The van der Waals surface area contributed by atoms with Gasteiger partial charge in [-0.1, -0.05) is 13.8 Å². The van der Waals surface area contributed by atoms with Crippen LogP contribution in [0.3, 0.4) is 0 Å². The lowest BCUT2D eigenvalue weighted by molar-refractivity contribution is -0.0356. The molecule has 1 fully saturated rings. The summed E-state index contributed by atoms with van der Waals surface area (Å²) in [6.07, 6.45) is 2.34. The maximum absolute atomic E-state index is 6.05. The maximum atomic E-state index is 6.05. The van der Waals surface area contributed by atoms with Gasteiger partial charge in [-0.3, -0.25) is 0 Å². The topological polar surface area (TPSA) is 9.23 Å². The molecule has 1 saturated heterocycles. The molecular weight excluding hydrogens is 160 g/mol. The van der Waals surface area contributed by atoms with Crippen molar-refractivity contribution in [1.29, 1.82) is 0 Å². The molecule has 0 amide bonds. The predicted octanol–water partition coefficient (Wildman–Crippen LogP) is 3.79. The van der Waals surface area contributed by atoms with E-state index in [-0.39, 0.29) is 16.4 Å².